The van der Waals surface area contributed by atoms with E-state index in [2.05, 4.69) is 50.2 Å². The molecule has 20 heavy (non-hydrogen) atoms. The molecule has 0 heterocycles. The zero-order valence-electron chi connectivity index (χ0n) is 12.0. The Kier molecular flexibility index (Phi) is 5.12. The van der Waals surface area contributed by atoms with E-state index in [1.807, 2.05) is 12.1 Å². The first-order chi connectivity index (χ1) is 9.61. The van der Waals surface area contributed by atoms with E-state index in [-0.39, 0.29) is 5.41 Å². The van der Waals surface area contributed by atoms with Gasteiger partial charge in [-0.3, -0.25) is 0 Å². The fourth-order valence-electron chi connectivity index (χ4n) is 2.60. The van der Waals surface area contributed by atoms with Crippen LogP contribution < -0.4 is 0 Å². The van der Waals surface area contributed by atoms with Crippen LogP contribution in [0.5, 0.6) is 0 Å². The lowest BCUT2D eigenvalue weighted by Gasteiger charge is -2.32. The van der Waals surface area contributed by atoms with E-state index in [0.717, 1.165) is 17.9 Å². The maximum atomic E-state index is 6.39. The average molecular weight is 307 g/mol. The molecule has 0 N–H and O–H groups in total. The topological polar surface area (TPSA) is 0 Å². The van der Waals surface area contributed by atoms with Crippen LogP contribution in [0.2, 0.25) is 5.02 Å². The van der Waals surface area contributed by atoms with Crippen molar-refractivity contribution in [2.45, 2.75) is 32.1 Å². The van der Waals surface area contributed by atoms with Crippen molar-refractivity contribution in [3.05, 3.63) is 70.2 Å². The standard InChI is InChI=1S/C18H20Cl2/c1-3-18(13-19,16-7-5-4-6-8-16)12-15-10-9-14(2)11-17(15)20/h4-11H,3,12-13H2,1-2H3. The highest BCUT2D eigenvalue weighted by molar-refractivity contribution is 6.31. The molecule has 2 aromatic rings. The lowest BCUT2D eigenvalue weighted by atomic mass is 9.75. The summed E-state index contributed by atoms with van der Waals surface area (Å²) in [6, 6.07) is 16.8. The second-order valence-electron chi connectivity index (χ2n) is 5.41. The van der Waals surface area contributed by atoms with Crippen LogP contribution in [-0.4, -0.2) is 5.88 Å². The summed E-state index contributed by atoms with van der Waals surface area (Å²) >= 11 is 12.7. The van der Waals surface area contributed by atoms with Crippen molar-refractivity contribution < 1.29 is 0 Å². The molecule has 2 rings (SSSR count). The van der Waals surface area contributed by atoms with Crippen LogP contribution >= 0.6 is 23.2 Å². The van der Waals surface area contributed by atoms with Crippen molar-refractivity contribution >= 4 is 23.2 Å². The monoisotopic (exact) mass is 306 g/mol. The Bertz CT molecular complexity index is 557. The van der Waals surface area contributed by atoms with E-state index in [1.165, 1.54) is 16.7 Å². The van der Waals surface area contributed by atoms with Gasteiger partial charge in [0.05, 0.1) is 0 Å². The van der Waals surface area contributed by atoms with Crippen LogP contribution in [-0.2, 0) is 11.8 Å². The molecule has 0 radical (unpaired) electrons. The van der Waals surface area contributed by atoms with E-state index < -0.39 is 0 Å². The average Bonchev–Trinajstić information content (AvgIpc) is 2.48. The van der Waals surface area contributed by atoms with Gasteiger partial charge in [-0.05, 0) is 42.5 Å². The van der Waals surface area contributed by atoms with Gasteiger partial charge in [-0.2, -0.15) is 0 Å². The number of halogens is 2. The first-order valence-corrected chi connectivity index (χ1v) is 7.89. The molecular weight excluding hydrogens is 287 g/mol. The number of alkyl halides is 1. The first-order valence-electron chi connectivity index (χ1n) is 6.98. The molecule has 0 saturated carbocycles. The normalized spacial score (nSPS) is 14.0. The second kappa shape index (κ2) is 6.65. The van der Waals surface area contributed by atoms with Crippen molar-refractivity contribution in [2.24, 2.45) is 0 Å². The summed E-state index contributed by atoms with van der Waals surface area (Å²) < 4.78 is 0. The molecule has 2 heteroatoms. The number of aryl methyl sites for hydroxylation is 1. The van der Waals surface area contributed by atoms with Crippen molar-refractivity contribution in [3.63, 3.8) is 0 Å². The lowest BCUT2D eigenvalue weighted by Crippen LogP contribution is -2.30. The minimum absolute atomic E-state index is 0.0539. The Labute approximate surface area is 131 Å². The third-order valence-corrected chi connectivity index (χ3v) is 4.92. The Hall–Kier alpha value is -0.980. The third-order valence-electron chi connectivity index (χ3n) is 4.06. The van der Waals surface area contributed by atoms with Gasteiger partial charge in [0.2, 0.25) is 0 Å². The quantitative estimate of drug-likeness (QED) is 0.614. The highest BCUT2D eigenvalue weighted by Crippen LogP contribution is 2.35. The summed E-state index contributed by atoms with van der Waals surface area (Å²) in [4.78, 5) is 0. The molecule has 1 atom stereocenters. The molecule has 2 aromatic carbocycles. The molecule has 0 amide bonds. The number of hydrogen-bond donors (Lipinski definition) is 0. The van der Waals surface area contributed by atoms with E-state index in [4.69, 9.17) is 23.2 Å². The zero-order chi connectivity index (χ0) is 14.6. The van der Waals surface area contributed by atoms with Gasteiger partial charge < -0.3 is 0 Å². The van der Waals surface area contributed by atoms with Crippen LogP contribution in [0, 0.1) is 6.92 Å². The predicted molar refractivity (Wildman–Crippen MR) is 89.0 cm³/mol. The van der Waals surface area contributed by atoms with Gasteiger partial charge in [-0.25, -0.2) is 0 Å². The van der Waals surface area contributed by atoms with Gasteiger partial charge >= 0.3 is 0 Å². The SMILES string of the molecule is CCC(CCl)(Cc1ccc(C)cc1Cl)c1ccccc1. The summed E-state index contributed by atoms with van der Waals surface area (Å²) in [5.41, 5.74) is 3.59. The van der Waals surface area contributed by atoms with Gasteiger partial charge in [0.15, 0.2) is 0 Å². The van der Waals surface area contributed by atoms with E-state index >= 15 is 0 Å². The molecule has 0 saturated heterocycles. The molecule has 0 aliphatic rings. The summed E-state index contributed by atoms with van der Waals surface area (Å²) in [5.74, 6) is 0.595. The second-order valence-corrected chi connectivity index (χ2v) is 6.08. The molecule has 0 aliphatic heterocycles. The molecule has 0 spiro atoms. The summed E-state index contributed by atoms with van der Waals surface area (Å²) in [5, 5.41) is 0.837. The molecule has 1 unspecified atom stereocenters. The Morgan fingerprint density at radius 1 is 1.05 bits per heavy atom. The molecule has 0 nitrogen and oxygen atoms in total. The van der Waals surface area contributed by atoms with Crippen molar-refractivity contribution in [3.8, 4) is 0 Å². The first kappa shape index (κ1) is 15.4. The van der Waals surface area contributed by atoms with E-state index in [9.17, 15) is 0 Å². The zero-order valence-corrected chi connectivity index (χ0v) is 13.5. The van der Waals surface area contributed by atoms with Crippen molar-refractivity contribution in [1.29, 1.82) is 0 Å². The molecule has 0 aliphatic carbocycles. The van der Waals surface area contributed by atoms with Crippen LogP contribution in [0.15, 0.2) is 48.5 Å². The fraction of sp³-hybridized carbons (Fsp3) is 0.333. The van der Waals surface area contributed by atoms with Crippen LogP contribution in [0.25, 0.3) is 0 Å². The van der Waals surface area contributed by atoms with Gasteiger partial charge in [0, 0.05) is 16.3 Å². The van der Waals surface area contributed by atoms with Crippen molar-refractivity contribution in [1.82, 2.24) is 0 Å². The van der Waals surface area contributed by atoms with Gasteiger partial charge in [0.1, 0.15) is 0 Å². The smallest absolute Gasteiger partial charge is 0.0440 e. The molecule has 0 fully saturated rings. The minimum Gasteiger partial charge on any atom is -0.126 e. The fourth-order valence-corrected chi connectivity index (χ4v) is 3.34. The molecular formula is C18H20Cl2. The Balaban J connectivity index is 2.39. The lowest BCUT2D eigenvalue weighted by molar-refractivity contribution is 0.458. The summed E-state index contributed by atoms with van der Waals surface area (Å²) in [7, 11) is 0. The Morgan fingerprint density at radius 3 is 2.30 bits per heavy atom. The number of rotatable bonds is 5. The molecule has 106 valence electrons. The third kappa shape index (κ3) is 3.19. The predicted octanol–water partition coefficient (Wildman–Crippen LogP) is 5.78. The summed E-state index contributed by atoms with van der Waals surface area (Å²) in [6.45, 7) is 4.25. The van der Waals surface area contributed by atoms with Crippen LogP contribution in [0.1, 0.15) is 30.0 Å². The number of hydrogen-bond acceptors (Lipinski definition) is 0. The maximum Gasteiger partial charge on any atom is 0.0440 e. The van der Waals surface area contributed by atoms with Crippen LogP contribution in [0.3, 0.4) is 0 Å². The van der Waals surface area contributed by atoms with Gasteiger partial charge in [0.25, 0.3) is 0 Å². The number of benzene rings is 2. The van der Waals surface area contributed by atoms with E-state index in [0.29, 0.717) is 5.88 Å². The minimum atomic E-state index is -0.0539. The maximum absolute atomic E-state index is 6.39. The van der Waals surface area contributed by atoms with Crippen LogP contribution in [0.4, 0.5) is 0 Å². The van der Waals surface area contributed by atoms with E-state index in [1.54, 1.807) is 0 Å². The largest absolute Gasteiger partial charge is 0.126 e. The summed E-state index contributed by atoms with van der Waals surface area (Å²) in [6.07, 6.45) is 1.86. The van der Waals surface area contributed by atoms with Gasteiger partial charge in [-0.1, -0.05) is 61.0 Å². The van der Waals surface area contributed by atoms with Gasteiger partial charge in [-0.15, -0.1) is 11.6 Å². The Morgan fingerprint density at radius 2 is 1.75 bits per heavy atom. The highest BCUT2D eigenvalue weighted by atomic mass is 35.5. The van der Waals surface area contributed by atoms with Crippen molar-refractivity contribution in [2.75, 3.05) is 5.88 Å². The molecule has 0 bridgehead atoms. The molecule has 0 aromatic heterocycles. The highest BCUT2D eigenvalue weighted by Gasteiger charge is 2.30.